The number of amides is 1. The van der Waals surface area contributed by atoms with Gasteiger partial charge in [-0.25, -0.2) is 8.78 Å². The fourth-order valence-electron chi connectivity index (χ4n) is 1.68. The predicted molar refractivity (Wildman–Crippen MR) is 55.1 cm³/mol. The Kier molecular flexibility index (Phi) is 3.14. The lowest BCUT2D eigenvalue weighted by atomic mass is 10.1. The molecule has 86 valence electrons. The van der Waals surface area contributed by atoms with Crippen LogP contribution in [0, 0.1) is 11.6 Å². The molecule has 1 heterocycles. The molecule has 0 spiro atoms. The monoisotopic (exact) mass is 226 g/mol. The number of carbonyl (C=O) groups excluding carboxylic acids is 1. The second-order valence-electron chi connectivity index (χ2n) is 3.79. The van der Waals surface area contributed by atoms with E-state index in [2.05, 4.69) is 10.6 Å². The van der Waals surface area contributed by atoms with Crippen molar-refractivity contribution in [1.82, 2.24) is 10.6 Å². The molecule has 16 heavy (non-hydrogen) atoms. The molecule has 0 saturated carbocycles. The number of carbonyl (C=O) groups is 1. The largest absolute Gasteiger partial charge is 0.348 e. The summed E-state index contributed by atoms with van der Waals surface area (Å²) >= 11 is 0. The molecule has 5 heteroatoms. The zero-order valence-corrected chi connectivity index (χ0v) is 8.59. The quantitative estimate of drug-likeness (QED) is 0.791. The molecular weight excluding hydrogens is 214 g/mol. The van der Waals surface area contributed by atoms with Crippen LogP contribution in [0.4, 0.5) is 8.78 Å². The number of rotatable bonds is 2. The second-order valence-corrected chi connectivity index (χ2v) is 3.79. The van der Waals surface area contributed by atoms with E-state index in [1.807, 2.05) is 0 Å². The normalized spacial score (nSPS) is 19.8. The summed E-state index contributed by atoms with van der Waals surface area (Å²) in [6.07, 6.45) is 0.857. The highest BCUT2D eigenvalue weighted by molar-refractivity contribution is 5.94. The van der Waals surface area contributed by atoms with E-state index >= 15 is 0 Å². The van der Waals surface area contributed by atoms with E-state index in [1.54, 1.807) is 0 Å². The van der Waals surface area contributed by atoms with Gasteiger partial charge >= 0.3 is 0 Å². The first-order chi connectivity index (χ1) is 7.66. The van der Waals surface area contributed by atoms with Crippen LogP contribution in [0.5, 0.6) is 0 Å². The van der Waals surface area contributed by atoms with Crippen LogP contribution in [0.25, 0.3) is 0 Å². The number of benzene rings is 1. The smallest absolute Gasteiger partial charge is 0.251 e. The lowest BCUT2D eigenvalue weighted by molar-refractivity contribution is 0.0939. The van der Waals surface area contributed by atoms with Gasteiger partial charge in [-0.3, -0.25) is 4.79 Å². The molecule has 0 aromatic heterocycles. The van der Waals surface area contributed by atoms with Crippen molar-refractivity contribution in [3.63, 3.8) is 0 Å². The van der Waals surface area contributed by atoms with Gasteiger partial charge in [0.25, 0.3) is 5.91 Å². The van der Waals surface area contributed by atoms with Crippen molar-refractivity contribution >= 4 is 5.91 Å². The second kappa shape index (κ2) is 4.57. The van der Waals surface area contributed by atoms with E-state index in [0.29, 0.717) is 0 Å². The first kappa shape index (κ1) is 11.0. The fourth-order valence-corrected chi connectivity index (χ4v) is 1.68. The summed E-state index contributed by atoms with van der Waals surface area (Å²) in [4.78, 5) is 11.6. The van der Waals surface area contributed by atoms with Gasteiger partial charge in [-0.2, -0.15) is 0 Å². The van der Waals surface area contributed by atoms with E-state index in [-0.39, 0.29) is 17.5 Å². The molecule has 1 aliphatic heterocycles. The fraction of sp³-hybridized carbons (Fsp3) is 0.364. The zero-order chi connectivity index (χ0) is 11.5. The van der Waals surface area contributed by atoms with Crippen LogP contribution in [-0.2, 0) is 0 Å². The number of hydrogen-bond acceptors (Lipinski definition) is 2. The van der Waals surface area contributed by atoms with Gasteiger partial charge in [0.15, 0.2) is 11.6 Å². The molecule has 2 rings (SSSR count). The number of halogens is 2. The molecule has 1 amide bonds. The predicted octanol–water partition coefficient (Wildman–Crippen LogP) is 1.06. The summed E-state index contributed by atoms with van der Waals surface area (Å²) in [5, 5.41) is 5.85. The average Bonchev–Trinajstić information content (AvgIpc) is 2.74. The summed E-state index contributed by atoms with van der Waals surface area (Å²) in [7, 11) is 0. The first-order valence-corrected chi connectivity index (χ1v) is 5.13. The maximum atomic E-state index is 12.9. The van der Waals surface area contributed by atoms with Crippen LogP contribution < -0.4 is 10.6 Å². The van der Waals surface area contributed by atoms with Crippen LogP contribution in [0.3, 0.4) is 0 Å². The van der Waals surface area contributed by atoms with Crippen molar-refractivity contribution < 1.29 is 13.6 Å². The molecule has 0 aliphatic carbocycles. The van der Waals surface area contributed by atoms with Gasteiger partial charge in [-0.05, 0) is 31.2 Å². The molecule has 0 bridgehead atoms. The summed E-state index contributed by atoms with van der Waals surface area (Å²) in [5.74, 6) is -2.32. The molecule has 1 aromatic carbocycles. The van der Waals surface area contributed by atoms with Crippen molar-refractivity contribution in [2.75, 3.05) is 13.1 Å². The van der Waals surface area contributed by atoms with E-state index in [4.69, 9.17) is 0 Å². The average molecular weight is 226 g/mol. The van der Waals surface area contributed by atoms with E-state index < -0.39 is 11.6 Å². The Labute approximate surface area is 91.8 Å². The van der Waals surface area contributed by atoms with Gasteiger partial charge in [0.2, 0.25) is 0 Å². The highest BCUT2D eigenvalue weighted by Crippen LogP contribution is 2.09. The standard InChI is InChI=1S/C11H12F2N2O/c12-9-2-1-7(5-10(9)13)11(16)15-8-3-4-14-6-8/h1-2,5,8,14H,3-4,6H2,(H,15,16)/t8-/m0/s1. The Bertz CT molecular complexity index is 403. The van der Waals surface area contributed by atoms with Gasteiger partial charge in [-0.1, -0.05) is 0 Å². The van der Waals surface area contributed by atoms with Gasteiger partial charge in [-0.15, -0.1) is 0 Å². The molecule has 1 fully saturated rings. The van der Waals surface area contributed by atoms with Crippen molar-refractivity contribution in [1.29, 1.82) is 0 Å². The molecule has 3 nitrogen and oxygen atoms in total. The lowest BCUT2D eigenvalue weighted by Crippen LogP contribution is -2.36. The minimum absolute atomic E-state index is 0.0700. The molecule has 0 unspecified atom stereocenters. The first-order valence-electron chi connectivity index (χ1n) is 5.13. The van der Waals surface area contributed by atoms with Crippen molar-refractivity contribution in [3.8, 4) is 0 Å². The molecule has 1 saturated heterocycles. The third kappa shape index (κ3) is 2.36. The van der Waals surface area contributed by atoms with E-state index in [0.717, 1.165) is 31.6 Å². The van der Waals surface area contributed by atoms with Crippen LogP contribution in [-0.4, -0.2) is 25.0 Å². The maximum Gasteiger partial charge on any atom is 0.251 e. The van der Waals surface area contributed by atoms with Crippen molar-refractivity contribution in [2.45, 2.75) is 12.5 Å². The van der Waals surface area contributed by atoms with Crippen LogP contribution in [0.1, 0.15) is 16.8 Å². The maximum absolute atomic E-state index is 12.9. The zero-order valence-electron chi connectivity index (χ0n) is 8.59. The number of hydrogen-bond donors (Lipinski definition) is 2. The van der Waals surface area contributed by atoms with Gasteiger partial charge < -0.3 is 10.6 Å². The molecule has 2 N–H and O–H groups in total. The molecule has 0 radical (unpaired) electrons. The van der Waals surface area contributed by atoms with E-state index in [9.17, 15) is 13.6 Å². The number of nitrogens with one attached hydrogen (secondary N) is 2. The Morgan fingerprint density at radius 1 is 1.38 bits per heavy atom. The highest BCUT2D eigenvalue weighted by atomic mass is 19.2. The lowest BCUT2D eigenvalue weighted by Gasteiger charge is -2.11. The SMILES string of the molecule is O=C(N[C@H]1CCNC1)c1ccc(F)c(F)c1. The van der Waals surface area contributed by atoms with Crippen LogP contribution in [0.15, 0.2) is 18.2 Å². The summed E-state index contributed by atoms with van der Waals surface area (Å²) < 4.78 is 25.5. The third-order valence-electron chi connectivity index (χ3n) is 2.58. The Hall–Kier alpha value is -1.49. The summed E-state index contributed by atoms with van der Waals surface area (Å²) in [6.45, 7) is 1.58. The van der Waals surface area contributed by atoms with Crippen LogP contribution >= 0.6 is 0 Å². The van der Waals surface area contributed by atoms with Crippen molar-refractivity contribution in [2.24, 2.45) is 0 Å². The Morgan fingerprint density at radius 2 is 2.19 bits per heavy atom. The van der Waals surface area contributed by atoms with Crippen LogP contribution in [0.2, 0.25) is 0 Å². The van der Waals surface area contributed by atoms with Gasteiger partial charge in [0, 0.05) is 18.2 Å². The minimum Gasteiger partial charge on any atom is -0.348 e. The summed E-state index contributed by atoms with van der Waals surface area (Å²) in [6, 6.07) is 3.21. The molecule has 1 aliphatic rings. The van der Waals surface area contributed by atoms with Gasteiger partial charge in [0.1, 0.15) is 0 Å². The molecular formula is C11H12F2N2O. The summed E-state index contributed by atoms with van der Waals surface area (Å²) in [5.41, 5.74) is 0.144. The minimum atomic E-state index is -1.00. The van der Waals surface area contributed by atoms with Gasteiger partial charge in [0.05, 0.1) is 0 Å². The molecule has 1 atom stereocenters. The Morgan fingerprint density at radius 3 is 2.81 bits per heavy atom. The van der Waals surface area contributed by atoms with E-state index in [1.165, 1.54) is 6.07 Å². The topological polar surface area (TPSA) is 41.1 Å². The highest BCUT2D eigenvalue weighted by Gasteiger charge is 2.18. The Balaban J connectivity index is 2.05. The van der Waals surface area contributed by atoms with Crippen molar-refractivity contribution in [3.05, 3.63) is 35.4 Å². The third-order valence-corrected chi connectivity index (χ3v) is 2.58. The molecule has 1 aromatic rings.